The van der Waals surface area contributed by atoms with Gasteiger partial charge in [-0.1, -0.05) is 5.16 Å². The van der Waals surface area contributed by atoms with Gasteiger partial charge in [0.25, 0.3) is 0 Å². The van der Waals surface area contributed by atoms with Crippen LogP contribution in [0.5, 0.6) is 0 Å². The Morgan fingerprint density at radius 3 is 2.71 bits per heavy atom. The van der Waals surface area contributed by atoms with E-state index in [-0.39, 0.29) is 0 Å². The number of aromatic nitrogens is 5. The molecule has 0 amide bonds. The Morgan fingerprint density at radius 1 is 1.18 bits per heavy atom. The minimum atomic E-state index is 0.523. The number of hydrogen-bond acceptors (Lipinski definition) is 5. The summed E-state index contributed by atoms with van der Waals surface area (Å²) >= 11 is 0. The lowest BCUT2D eigenvalue weighted by molar-refractivity contribution is 0.394. The van der Waals surface area contributed by atoms with Gasteiger partial charge in [-0.2, -0.15) is 10.1 Å². The number of nitrogens with zero attached hydrogens (tertiary/aromatic N) is 5. The number of hydrogen-bond donors (Lipinski definition) is 0. The normalized spacial score (nSPS) is 11.2. The Hall–Kier alpha value is -2.24. The van der Waals surface area contributed by atoms with E-state index in [1.807, 2.05) is 19.9 Å². The van der Waals surface area contributed by atoms with Gasteiger partial charge in [0.1, 0.15) is 0 Å². The van der Waals surface area contributed by atoms with E-state index < -0.39 is 0 Å². The van der Waals surface area contributed by atoms with E-state index in [1.165, 1.54) is 0 Å². The molecule has 0 atom stereocenters. The molecule has 0 aliphatic rings. The molecule has 0 spiro atoms. The van der Waals surface area contributed by atoms with Crippen LogP contribution in [0.25, 0.3) is 17.0 Å². The Kier molecular flexibility index (Phi) is 1.98. The summed E-state index contributed by atoms with van der Waals surface area (Å²) in [4.78, 5) is 8.65. The zero-order valence-electron chi connectivity index (χ0n) is 9.80. The smallest absolute Gasteiger partial charge is 0.223 e. The predicted molar refractivity (Wildman–Crippen MR) is 60.5 cm³/mol. The minimum absolute atomic E-state index is 0.523. The van der Waals surface area contributed by atoms with Gasteiger partial charge in [0.2, 0.25) is 11.7 Å². The average molecular weight is 229 g/mol. The molecule has 0 saturated heterocycles. The van der Waals surface area contributed by atoms with Crippen molar-refractivity contribution in [2.75, 3.05) is 0 Å². The van der Waals surface area contributed by atoms with Crippen molar-refractivity contribution in [3.8, 4) is 11.4 Å². The maximum Gasteiger partial charge on any atom is 0.223 e. The Balaban J connectivity index is 2.31. The predicted octanol–water partition coefficient (Wildman–Crippen LogP) is 1.70. The first kappa shape index (κ1) is 9.95. The summed E-state index contributed by atoms with van der Waals surface area (Å²) in [5, 5.41) is 8.17. The maximum absolute atomic E-state index is 4.97. The van der Waals surface area contributed by atoms with E-state index in [1.54, 1.807) is 17.6 Å². The lowest BCUT2D eigenvalue weighted by atomic mass is 10.3. The van der Waals surface area contributed by atoms with E-state index in [9.17, 15) is 0 Å². The second-order valence-electron chi connectivity index (χ2n) is 3.97. The highest BCUT2D eigenvalue weighted by Crippen LogP contribution is 2.21. The van der Waals surface area contributed by atoms with Crippen molar-refractivity contribution >= 4 is 5.65 Å². The molecular formula is C11H11N5O. The summed E-state index contributed by atoms with van der Waals surface area (Å²) in [6.45, 7) is 5.69. The standard InChI is InChI=1S/C11H11N5O/c1-6-4-7(2)16-11(13-6)9(5-12-16)10-14-8(3)17-15-10/h4-5H,1-3H3. The van der Waals surface area contributed by atoms with Crippen LogP contribution in [0.15, 0.2) is 16.8 Å². The second kappa shape index (κ2) is 3.38. The van der Waals surface area contributed by atoms with E-state index in [0.717, 1.165) is 22.6 Å². The fourth-order valence-corrected chi connectivity index (χ4v) is 1.84. The van der Waals surface area contributed by atoms with Gasteiger partial charge in [-0.25, -0.2) is 9.50 Å². The molecule has 3 aromatic rings. The van der Waals surface area contributed by atoms with Crippen molar-refractivity contribution in [2.24, 2.45) is 0 Å². The highest BCUT2D eigenvalue weighted by atomic mass is 16.5. The fraction of sp³-hybridized carbons (Fsp3) is 0.273. The van der Waals surface area contributed by atoms with E-state index in [2.05, 4.69) is 20.2 Å². The van der Waals surface area contributed by atoms with Gasteiger partial charge in [-0.3, -0.25) is 0 Å². The van der Waals surface area contributed by atoms with Gasteiger partial charge in [-0.05, 0) is 19.9 Å². The van der Waals surface area contributed by atoms with E-state index in [0.29, 0.717) is 11.7 Å². The van der Waals surface area contributed by atoms with Crippen LogP contribution in [0.4, 0.5) is 0 Å². The molecule has 3 aromatic heterocycles. The maximum atomic E-state index is 4.97. The topological polar surface area (TPSA) is 69.1 Å². The Morgan fingerprint density at radius 2 is 2.00 bits per heavy atom. The van der Waals surface area contributed by atoms with Gasteiger partial charge in [-0.15, -0.1) is 0 Å². The Bertz CT molecular complexity index is 697. The summed E-state index contributed by atoms with van der Waals surface area (Å²) in [5.41, 5.74) is 3.51. The molecule has 17 heavy (non-hydrogen) atoms. The molecular weight excluding hydrogens is 218 g/mol. The molecule has 3 heterocycles. The lowest BCUT2D eigenvalue weighted by Crippen LogP contribution is -1.97. The summed E-state index contributed by atoms with van der Waals surface area (Å²) < 4.78 is 6.74. The van der Waals surface area contributed by atoms with Crippen LogP contribution >= 0.6 is 0 Å². The molecule has 6 nitrogen and oxygen atoms in total. The van der Waals surface area contributed by atoms with Crippen LogP contribution in [0.3, 0.4) is 0 Å². The second-order valence-corrected chi connectivity index (χ2v) is 3.97. The van der Waals surface area contributed by atoms with E-state index >= 15 is 0 Å². The minimum Gasteiger partial charge on any atom is -0.339 e. The molecule has 0 aliphatic heterocycles. The Labute approximate surface area is 97.3 Å². The number of fused-ring (bicyclic) bond motifs is 1. The van der Waals surface area contributed by atoms with E-state index in [4.69, 9.17) is 4.52 Å². The van der Waals surface area contributed by atoms with Crippen LogP contribution < -0.4 is 0 Å². The first-order valence-electron chi connectivity index (χ1n) is 5.28. The molecule has 0 fully saturated rings. The monoisotopic (exact) mass is 229 g/mol. The van der Waals surface area contributed by atoms with Crippen LogP contribution in [0.2, 0.25) is 0 Å². The SMILES string of the molecule is Cc1cc(C)n2ncc(-c3noc(C)n3)c2n1. The molecule has 0 bridgehead atoms. The molecule has 0 aromatic carbocycles. The molecule has 0 saturated carbocycles. The largest absolute Gasteiger partial charge is 0.339 e. The molecule has 0 N–H and O–H groups in total. The van der Waals surface area contributed by atoms with Crippen molar-refractivity contribution in [2.45, 2.75) is 20.8 Å². The molecule has 0 unspecified atom stereocenters. The zero-order chi connectivity index (χ0) is 12.0. The quantitative estimate of drug-likeness (QED) is 0.635. The zero-order valence-corrected chi connectivity index (χ0v) is 9.80. The van der Waals surface area contributed by atoms with Gasteiger partial charge in [0, 0.05) is 18.3 Å². The van der Waals surface area contributed by atoms with Crippen molar-refractivity contribution in [3.05, 3.63) is 29.5 Å². The van der Waals surface area contributed by atoms with Crippen LogP contribution in [0.1, 0.15) is 17.3 Å². The first-order valence-corrected chi connectivity index (χ1v) is 5.28. The summed E-state index contributed by atoms with van der Waals surface area (Å²) in [7, 11) is 0. The number of aryl methyl sites for hydroxylation is 3. The van der Waals surface area contributed by atoms with Crippen molar-refractivity contribution in [1.29, 1.82) is 0 Å². The molecule has 0 aliphatic carbocycles. The van der Waals surface area contributed by atoms with Gasteiger partial charge in [0.15, 0.2) is 5.65 Å². The summed E-state index contributed by atoms with van der Waals surface area (Å²) in [6.07, 6.45) is 1.71. The third-order valence-electron chi connectivity index (χ3n) is 2.55. The van der Waals surface area contributed by atoms with Gasteiger partial charge < -0.3 is 4.52 Å². The van der Waals surface area contributed by atoms with Crippen LogP contribution in [-0.4, -0.2) is 24.7 Å². The van der Waals surface area contributed by atoms with Gasteiger partial charge in [0.05, 0.1) is 11.8 Å². The highest BCUT2D eigenvalue weighted by molar-refractivity contribution is 5.72. The fourth-order valence-electron chi connectivity index (χ4n) is 1.84. The van der Waals surface area contributed by atoms with Crippen LogP contribution in [-0.2, 0) is 0 Å². The van der Waals surface area contributed by atoms with Gasteiger partial charge >= 0.3 is 0 Å². The van der Waals surface area contributed by atoms with Crippen molar-refractivity contribution < 1.29 is 4.52 Å². The first-order chi connectivity index (χ1) is 8.15. The lowest BCUT2D eigenvalue weighted by Gasteiger charge is -2.00. The molecule has 3 rings (SSSR count). The molecule has 0 radical (unpaired) electrons. The summed E-state index contributed by atoms with van der Waals surface area (Å²) in [5.74, 6) is 1.05. The summed E-state index contributed by atoms with van der Waals surface area (Å²) in [6, 6.07) is 1.98. The number of rotatable bonds is 1. The third-order valence-corrected chi connectivity index (χ3v) is 2.55. The van der Waals surface area contributed by atoms with Crippen LogP contribution in [0, 0.1) is 20.8 Å². The van der Waals surface area contributed by atoms with Crippen molar-refractivity contribution in [3.63, 3.8) is 0 Å². The van der Waals surface area contributed by atoms with Crippen molar-refractivity contribution in [1.82, 2.24) is 24.7 Å². The third kappa shape index (κ3) is 1.49. The molecule has 86 valence electrons. The average Bonchev–Trinajstić information content (AvgIpc) is 2.83. The highest BCUT2D eigenvalue weighted by Gasteiger charge is 2.14. The molecule has 6 heteroatoms.